The molecule has 0 bridgehead atoms. The Kier molecular flexibility index (Phi) is 8.59. The molecule has 3 aromatic heterocycles. The van der Waals surface area contributed by atoms with Crippen molar-refractivity contribution in [3.05, 3.63) is 101 Å². The molecule has 1 amide bonds. The molecule has 0 spiro atoms. The highest BCUT2D eigenvalue weighted by atomic mass is 16.5. The number of aromatic nitrogens is 4. The zero-order valence-corrected chi connectivity index (χ0v) is 24.6. The number of rotatable bonds is 12. The highest BCUT2D eigenvalue weighted by Crippen LogP contribution is 2.28. The molecule has 218 valence electrons. The Bertz CT molecular complexity index is 1710. The van der Waals surface area contributed by atoms with Crippen LogP contribution in [0.25, 0.3) is 22.2 Å². The van der Waals surface area contributed by atoms with Crippen molar-refractivity contribution in [2.75, 3.05) is 31.6 Å². The zero-order chi connectivity index (χ0) is 29.7. The number of anilines is 1. The number of fused-ring (bicyclic) bond motifs is 1. The van der Waals surface area contributed by atoms with Crippen LogP contribution in [0.15, 0.2) is 84.0 Å². The van der Waals surface area contributed by atoms with E-state index in [1.165, 1.54) is 12.4 Å². The second kappa shape index (κ2) is 12.5. The van der Waals surface area contributed by atoms with E-state index in [2.05, 4.69) is 53.0 Å². The van der Waals surface area contributed by atoms with Gasteiger partial charge in [0.2, 0.25) is 0 Å². The van der Waals surface area contributed by atoms with Gasteiger partial charge >= 0.3 is 0 Å². The number of ether oxygens (including phenoxy) is 1. The molecular weight excluding hydrogens is 528 g/mol. The molecule has 0 radical (unpaired) electrons. The topological polar surface area (TPSA) is 108 Å². The summed E-state index contributed by atoms with van der Waals surface area (Å²) >= 11 is 0. The van der Waals surface area contributed by atoms with Gasteiger partial charge in [-0.3, -0.25) is 14.3 Å². The summed E-state index contributed by atoms with van der Waals surface area (Å²) < 4.78 is 7.90. The fraction of sp³-hybridized carbons (Fsp3) is 0.303. The van der Waals surface area contributed by atoms with Crippen molar-refractivity contribution in [3.8, 4) is 17.0 Å². The molecule has 5 aromatic rings. The van der Waals surface area contributed by atoms with Gasteiger partial charge in [0.1, 0.15) is 5.75 Å². The van der Waals surface area contributed by atoms with E-state index in [-0.39, 0.29) is 16.9 Å². The fourth-order valence-electron chi connectivity index (χ4n) is 5.02. The van der Waals surface area contributed by atoms with Crippen LogP contribution in [0.2, 0.25) is 0 Å². The number of carbonyl (C=O) groups is 1. The second-order valence-corrected chi connectivity index (χ2v) is 11.3. The predicted molar refractivity (Wildman–Crippen MR) is 167 cm³/mol. The molecule has 0 aliphatic rings. The Hall–Kier alpha value is -4.63. The monoisotopic (exact) mass is 566 g/mol. The van der Waals surface area contributed by atoms with Crippen LogP contribution in [0.3, 0.4) is 0 Å². The second-order valence-electron chi connectivity index (χ2n) is 11.3. The lowest BCUT2D eigenvalue weighted by atomic mass is 9.94. The maximum atomic E-state index is 12.9. The van der Waals surface area contributed by atoms with Crippen LogP contribution >= 0.6 is 0 Å². The third kappa shape index (κ3) is 6.98. The molecule has 9 nitrogen and oxygen atoms in total. The fourth-order valence-corrected chi connectivity index (χ4v) is 5.02. The average Bonchev–Trinajstić information content (AvgIpc) is 3.63. The number of aromatic amines is 2. The van der Waals surface area contributed by atoms with Gasteiger partial charge in [-0.15, -0.1) is 0 Å². The number of pyridine rings is 1. The van der Waals surface area contributed by atoms with Crippen molar-refractivity contribution < 1.29 is 9.53 Å². The lowest BCUT2D eigenvalue weighted by Gasteiger charge is -2.31. The number of carbonyl (C=O) groups excluding carboxylic acids is 1. The van der Waals surface area contributed by atoms with E-state index in [1.54, 1.807) is 16.9 Å². The Balaban J connectivity index is 1.28. The Labute approximate surface area is 245 Å². The summed E-state index contributed by atoms with van der Waals surface area (Å²) in [7, 11) is 0. The normalized spacial score (nSPS) is 11.7. The Morgan fingerprint density at radius 2 is 1.86 bits per heavy atom. The van der Waals surface area contributed by atoms with Crippen molar-refractivity contribution in [2.45, 2.75) is 34.2 Å². The molecule has 0 fully saturated rings. The first-order valence-corrected chi connectivity index (χ1v) is 14.3. The Morgan fingerprint density at radius 3 is 2.62 bits per heavy atom. The standard InChI is InChI=1S/C33H38N6O3/c1-5-38(6-2)21-33(3,4)22-42-27-12-13-29-24(14-27)15-30(37-29)28-16-26(18-34-32(28)41)36-31(40)25-17-35-39(20-25)19-23-10-8-7-9-11-23/h7-18,20,37H,5-6,19,21-22H2,1-4H3,(H,34,41)(H,36,40). The maximum absolute atomic E-state index is 12.9. The van der Waals surface area contributed by atoms with E-state index >= 15 is 0 Å². The molecule has 0 saturated heterocycles. The largest absolute Gasteiger partial charge is 0.493 e. The molecule has 5 rings (SSSR count). The summed E-state index contributed by atoms with van der Waals surface area (Å²) in [6.45, 7) is 12.9. The van der Waals surface area contributed by atoms with Crippen molar-refractivity contribution in [3.63, 3.8) is 0 Å². The van der Waals surface area contributed by atoms with Gasteiger partial charge < -0.3 is 24.9 Å². The molecule has 3 heterocycles. The van der Waals surface area contributed by atoms with E-state index in [9.17, 15) is 9.59 Å². The molecule has 0 atom stereocenters. The summed E-state index contributed by atoms with van der Waals surface area (Å²) in [5.41, 5.74) is 3.70. The van der Waals surface area contributed by atoms with Crippen LogP contribution < -0.4 is 15.6 Å². The van der Waals surface area contributed by atoms with Gasteiger partial charge in [0.15, 0.2) is 0 Å². The predicted octanol–water partition coefficient (Wildman–Crippen LogP) is 5.77. The van der Waals surface area contributed by atoms with Gasteiger partial charge in [-0.05, 0) is 49.0 Å². The summed E-state index contributed by atoms with van der Waals surface area (Å²) in [4.78, 5) is 34.2. The van der Waals surface area contributed by atoms with Crippen molar-refractivity contribution in [1.29, 1.82) is 0 Å². The highest BCUT2D eigenvalue weighted by molar-refractivity contribution is 6.04. The minimum atomic E-state index is -0.310. The van der Waals surface area contributed by atoms with Crippen LogP contribution in [0.5, 0.6) is 5.75 Å². The molecule has 0 unspecified atom stereocenters. The average molecular weight is 567 g/mol. The summed E-state index contributed by atoms with van der Waals surface area (Å²) in [6.07, 6.45) is 4.73. The maximum Gasteiger partial charge on any atom is 0.258 e. The van der Waals surface area contributed by atoms with E-state index in [1.807, 2.05) is 54.6 Å². The molecular formula is C33H38N6O3. The van der Waals surface area contributed by atoms with Crippen molar-refractivity contribution in [2.24, 2.45) is 5.41 Å². The molecule has 0 saturated carbocycles. The van der Waals surface area contributed by atoms with E-state index in [4.69, 9.17) is 4.74 Å². The number of hydrogen-bond acceptors (Lipinski definition) is 5. The van der Waals surface area contributed by atoms with Gasteiger partial charge in [-0.1, -0.05) is 58.0 Å². The van der Waals surface area contributed by atoms with E-state index in [0.717, 1.165) is 41.9 Å². The summed E-state index contributed by atoms with van der Waals surface area (Å²) in [5, 5.41) is 8.11. The first-order valence-electron chi connectivity index (χ1n) is 14.3. The molecule has 9 heteroatoms. The number of nitrogens with one attached hydrogen (secondary N) is 3. The third-order valence-corrected chi connectivity index (χ3v) is 7.30. The van der Waals surface area contributed by atoms with Gasteiger partial charge in [0.05, 0.1) is 41.9 Å². The van der Waals surface area contributed by atoms with Crippen LogP contribution in [0.1, 0.15) is 43.6 Å². The number of amides is 1. The van der Waals surface area contributed by atoms with Crippen molar-refractivity contribution >= 4 is 22.5 Å². The highest BCUT2D eigenvalue weighted by Gasteiger charge is 2.22. The quantitative estimate of drug-likeness (QED) is 0.178. The van der Waals surface area contributed by atoms with Crippen LogP contribution in [-0.4, -0.2) is 56.8 Å². The third-order valence-electron chi connectivity index (χ3n) is 7.30. The molecule has 0 aliphatic heterocycles. The lowest BCUT2D eigenvalue weighted by Crippen LogP contribution is -2.37. The first-order chi connectivity index (χ1) is 20.2. The van der Waals surface area contributed by atoms with Gasteiger partial charge in [0.25, 0.3) is 11.5 Å². The van der Waals surface area contributed by atoms with Crippen LogP contribution in [0.4, 0.5) is 5.69 Å². The number of benzene rings is 2. The Morgan fingerprint density at radius 1 is 1.07 bits per heavy atom. The lowest BCUT2D eigenvalue weighted by molar-refractivity contribution is 0.102. The molecule has 3 N–H and O–H groups in total. The van der Waals surface area contributed by atoms with Gasteiger partial charge in [0, 0.05) is 35.3 Å². The SMILES string of the molecule is CCN(CC)CC(C)(C)COc1ccc2[nH]c(-c3cc(NC(=O)c4cnn(Cc5ccccc5)c4)c[nH]c3=O)cc2c1. The minimum Gasteiger partial charge on any atom is -0.493 e. The summed E-state index contributed by atoms with van der Waals surface area (Å²) in [5.74, 6) is 0.470. The van der Waals surface area contributed by atoms with Crippen LogP contribution in [-0.2, 0) is 6.54 Å². The minimum absolute atomic E-state index is 0.00300. The first kappa shape index (κ1) is 28.9. The number of nitrogens with zero attached hydrogens (tertiary/aromatic N) is 3. The molecule has 42 heavy (non-hydrogen) atoms. The molecule has 2 aromatic carbocycles. The molecule has 0 aliphatic carbocycles. The smallest absolute Gasteiger partial charge is 0.258 e. The van der Waals surface area contributed by atoms with E-state index in [0.29, 0.717) is 35.7 Å². The van der Waals surface area contributed by atoms with Gasteiger partial charge in [-0.2, -0.15) is 5.10 Å². The number of H-pyrrole nitrogens is 2. The summed E-state index contributed by atoms with van der Waals surface area (Å²) in [6, 6.07) is 19.4. The zero-order valence-electron chi connectivity index (χ0n) is 24.6. The number of hydrogen-bond donors (Lipinski definition) is 3. The van der Waals surface area contributed by atoms with E-state index < -0.39 is 0 Å². The van der Waals surface area contributed by atoms with Crippen LogP contribution in [0, 0.1) is 5.41 Å². The van der Waals surface area contributed by atoms with Gasteiger partial charge in [-0.25, -0.2) is 0 Å². The van der Waals surface area contributed by atoms with Crippen molar-refractivity contribution in [1.82, 2.24) is 24.6 Å².